The minimum Gasteiger partial charge on any atom is -0.496 e. The normalized spacial score (nSPS) is 9.17. The lowest BCUT2D eigenvalue weighted by atomic mass is 10.2. The van der Waals surface area contributed by atoms with Crippen LogP contribution in [0.15, 0.2) is 17.0 Å². The molecule has 0 aliphatic heterocycles. The van der Waals surface area contributed by atoms with Crippen molar-refractivity contribution in [1.82, 2.24) is 0 Å². The minimum atomic E-state index is 0.567. The number of nitriles is 1. The molecular weight excluding hydrogens is 285 g/mol. The summed E-state index contributed by atoms with van der Waals surface area (Å²) in [7, 11) is 1.58. The van der Waals surface area contributed by atoms with Crippen LogP contribution in [0.1, 0.15) is 5.56 Å². The number of thiol groups is 1. The molecule has 1 aromatic carbocycles. The lowest BCUT2D eigenvalue weighted by Gasteiger charge is -2.05. The van der Waals surface area contributed by atoms with Gasteiger partial charge in [-0.05, 0) is 34.7 Å². The van der Waals surface area contributed by atoms with E-state index < -0.39 is 0 Å². The van der Waals surface area contributed by atoms with E-state index in [-0.39, 0.29) is 0 Å². The van der Waals surface area contributed by atoms with Gasteiger partial charge in [-0.2, -0.15) is 5.26 Å². The molecule has 0 aliphatic carbocycles. The molecule has 0 aliphatic rings. The molecule has 1 aromatic rings. The molecule has 0 N–H and O–H groups in total. The summed E-state index contributed by atoms with van der Waals surface area (Å²) >= 11 is 6.33. The molecule has 1 rings (SSSR count). The average molecular weight is 291 g/mol. The summed E-state index contributed by atoms with van der Waals surface area (Å²) in [5.74, 6) is 0.694. The molecule has 0 saturated carbocycles. The van der Waals surface area contributed by atoms with Gasteiger partial charge in [0.1, 0.15) is 5.75 Å². The van der Waals surface area contributed by atoms with Crippen molar-refractivity contribution in [2.45, 2.75) is 4.90 Å². The molecule has 0 atom stereocenters. The first-order valence-electron chi connectivity index (χ1n) is 3.15. The van der Waals surface area contributed by atoms with Crippen LogP contribution in [-0.4, -0.2) is 7.11 Å². The lowest BCUT2D eigenvalue weighted by Crippen LogP contribution is -1.89. The third kappa shape index (κ3) is 1.84. The molecule has 4 heteroatoms. The zero-order chi connectivity index (χ0) is 9.14. The van der Waals surface area contributed by atoms with Crippen molar-refractivity contribution in [2.75, 3.05) is 7.11 Å². The van der Waals surface area contributed by atoms with Crippen molar-refractivity contribution in [3.05, 3.63) is 21.3 Å². The van der Waals surface area contributed by atoms with Gasteiger partial charge < -0.3 is 4.74 Å². The van der Waals surface area contributed by atoms with Crippen LogP contribution in [0, 0.1) is 14.9 Å². The van der Waals surface area contributed by atoms with Crippen molar-refractivity contribution in [1.29, 1.82) is 5.26 Å². The minimum absolute atomic E-state index is 0.567. The Morgan fingerprint density at radius 3 is 2.75 bits per heavy atom. The molecule has 0 saturated heterocycles. The number of hydrogen-bond acceptors (Lipinski definition) is 3. The van der Waals surface area contributed by atoms with Gasteiger partial charge in [-0.25, -0.2) is 0 Å². The second-order valence-electron chi connectivity index (χ2n) is 2.12. The first kappa shape index (κ1) is 9.68. The standard InChI is InChI=1S/C8H6INOS/c1-11-6-2-5(4-10)3-7(12)8(6)9/h2-3,12H,1H3. The van der Waals surface area contributed by atoms with Crippen molar-refractivity contribution < 1.29 is 4.74 Å². The van der Waals surface area contributed by atoms with E-state index >= 15 is 0 Å². The molecule has 0 spiro atoms. The van der Waals surface area contributed by atoms with Gasteiger partial charge in [-0.1, -0.05) is 0 Å². The fourth-order valence-electron chi connectivity index (χ4n) is 0.796. The van der Waals surface area contributed by atoms with Gasteiger partial charge in [0.2, 0.25) is 0 Å². The molecule has 62 valence electrons. The predicted octanol–water partition coefficient (Wildman–Crippen LogP) is 2.46. The van der Waals surface area contributed by atoms with Crippen LogP contribution >= 0.6 is 35.2 Å². The van der Waals surface area contributed by atoms with E-state index in [4.69, 9.17) is 10.00 Å². The lowest BCUT2D eigenvalue weighted by molar-refractivity contribution is 0.410. The molecule has 12 heavy (non-hydrogen) atoms. The van der Waals surface area contributed by atoms with Crippen LogP contribution in [0.3, 0.4) is 0 Å². The molecule has 0 aromatic heterocycles. The van der Waals surface area contributed by atoms with E-state index in [1.807, 2.05) is 6.07 Å². The topological polar surface area (TPSA) is 33.0 Å². The number of halogens is 1. The summed E-state index contributed by atoms with van der Waals surface area (Å²) in [6.45, 7) is 0. The Balaban J connectivity index is 3.31. The number of nitrogens with zero attached hydrogens (tertiary/aromatic N) is 1. The zero-order valence-electron chi connectivity index (χ0n) is 6.34. The molecule has 0 bridgehead atoms. The van der Waals surface area contributed by atoms with E-state index in [9.17, 15) is 0 Å². The SMILES string of the molecule is COc1cc(C#N)cc(S)c1I. The molecule has 0 heterocycles. The largest absolute Gasteiger partial charge is 0.496 e. The van der Waals surface area contributed by atoms with Crippen molar-refractivity contribution in [3.63, 3.8) is 0 Å². The Bertz CT molecular complexity index is 346. The van der Waals surface area contributed by atoms with E-state index in [0.29, 0.717) is 11.3 Å². The fraction of sp³-hybridized carbons (Fsp3) is 0.125. The maximum Gasteiger partial charge on any atom is 0.134 e. The molecule has 0 radical (unpaired) electrons. The number of ether oxygens (including phenoxy) is 1. The number of rotatable bonds is 1. The molecule has 0 unspecified atom stereocenters. The van der Waals surface area contributed by atoms with E-state index in [1.54, 1.807) is 19.2 Å². The molecular formula is C8H6INOS. The third-order valence-corrected chi connectivity index (χ3v) is 3.26. The highest BCUT2D eigenvalue weighted by Gasteiger charge is 2.05. The van der Waals surface area contributed by atoms with Crippen LogP contribution in [-0.2, 0) is 0 Å². The first-order valence-corrected chi connectivity index (χ1v) is 4.68. The van der Waals surface area contributed by atoms with E-state index in [0.717, 1.165) is 8.47 Å². The van der Waals surface area contributed by atoms with Gasteiger partial charge in [-0.3, -0.25) is 0 Å². The highest BCUT2D eigenvalue weighted by Crippen LogP contribution is 2.28. The van der Waals surface area contributed by atoms with Gasteiger partial charge in [-0.15, -0.1) is 12.6 Å². The van der Waals surface area contributed by atoms with Crippen molar-refractivity contribution in [2.24, 2.45) is 0 Å². The summed E-state index contributed by atoms with van der Waals surface area (Å²) in [4.78, 5) is 0.770. The van der Waals surface area contributed by atoms with Crippen LogP contribution < -0.4 is 4.74 Å². The molecule has 2 nitrogen and oxygen atoms in total. The maximum absolute atomic E-state index is 8.63. The quantitative estimate of drug-likeness (QED) is 0.637. The number of hydrogen-bond donors (Lipinski definition) is 1. The maximum atomic E-state index is 8.63. The Morgan fingerprint density at radius 2 is 2.25 bits per heavy atom. The number of methoxy groups -OCH3 is 1. The molecule has 0 amide bonds. The van der Waals surface area contributed by atoms with Crippen LogP contribution in [0.5, 0.6) is 5.75 Å². The Morgan fingerprint density at radius 1 is 1.58 bits per heavy atom. The Hall–Kier alpha value is -0.410. The first-order chi connectivity index (χ1) is 5.69. The van der Waals surface area contributed by atoms with Gasteiger partial charge in [0, 0.05) is 4.90 Å². The van der Waals surface area contributed by atoms with Gasteiger partial charge in [0.15, 0.2) is 0 Å². The van der Waals surface area contributed by atoms with Crippen LogP contribution in [0.4, 0.5) is 0 Å². The monoisotopic (exact) mass is 291 g/mol. The summed E-state index contributed by atoms with van der Waals surface area (Å²) in [5.41, 5.74) is 0.567. The summed E-state index contributed by atoms with van der Waals surface area (Å²) in [5, 5.41) is 8.63. The Kier molecular flexibility index (Phi) is 3.23. The van der Waals surface area contributed by atoms with E-state index in [1.165, 1.54) is 0 Å². The van der Waals surface area contributed by atoms with Crippen molar-refractivity contribution in [3.8, 4) is 11.8 Å². The highest BCUT2D eigenvalue weighted by molar-refractivity contribution is 14.1. The summed E-state index contributed by atoms with van der Waals surface area (Å²) in [6.07, 6.45) is 0. The van der Waals surface area contributed by atoms with Crippen LogP contribution in [0.25, 0.3) is 0 Å². The van der Waals surface area contributed by atoms with Gasteiger partial charge in [0.25, 0.3) is 0 Å². The van der Waals surface area contributed by atoms with Gasteiger partial charge >= 0.3 is 0 Å². The van der Waals surface area contributed by atoms with Crippen LogP contribution in [0.2, 0.25) is 0 Å². The smallest absolute Gasteiger partial charge is 0.134 e. The second-order valence-corrected chi connectivity index (χ2v) is 3.68. The summed E-state index contributed by atoms with van der Waals surface area (Å²) in [6, 6.07) is 5.45. The predicted molar refractivity (Wildman–Crippen MR) is 57.7 cm³/mol. The van der Waals surface area contributed by atoms with E-state index in [2.05, 4.69) is 35.2 Å². The average Bonchev–Trinajstić information content (AvgIpc) is 2.09. The fourth-order valence-corrected chi connectivity index (χ4v) is 1.58. The Labute approximate surface area is 90.1 Å². The summed E-state index contributed by atoms with van der Waals surface area (Å²) < 4.78 is 5.99. The zero-order valence-corrected chi connectivity index (χ0v) is 9.39. The van der Waals surface area contributed by atoms with Gasteiger partial charge in [0.05, 0.1) is 22.3 Å². The second kappa shape index (κ2) is 4.01. The van der Waals surface area contributed by atoms with Crippen molar-refractivity contribution >= 4 is 35.2 Å². The highest BCUT2D eigenvalue weighted by atomic mass is 127. The third-order valence-electron chi connectivity index (χ3n) is 1.37. The molecule has 0 fully saturated rings. The number of benzene rings is 1.